The summed E-state index contributed by atoms with van der Waals surface area (Å²) in [4.78, 5) is 33.3. The van der Waals surface area contributed by atoms with Crippen LogP contribution in [0.15, 0.2) is 41.3 Å². The Morgan fingerprint density at radius 3 is 2.32 bits per heavy atom. The van der Waals surface area contributed by atoms with Crippen LogP contribution in [0.5, 0.6) is 0 Å². The molecule has 3 fully saturated rings. The minimum atomic E-state index is -0.402. The number of aromatic amines is 1. The lowest BCUT2D eigenvalue weighted by Crippen LogP contribution is -2.47. The van der Waals surface area contributed by atoms with Crippen molar-refractivity contribution in [3.05, 3.63) is 52.4 Å². The first-order valence-corrected chi connectivity index (χ1v) is 12.5. The summed E-state index contributed by atoms with van der Waals surface area (Å²) in [5.41, 5.74) is 2.15. The lowest BCUT2D eigenvalue weighted by molar-refractivity contribution is 0.0681. The number of methoxy groups -OCH3 is 1. The summed E-state index contributed by atoms with van der Waals surface area (Å²) in [7, 11) is 1.75. The van der Waals surface area contributed by atoms with Gasteiger partial charge in [-0.2, -0.15) is 0 Å². The number of anilines is 3. The monoisotopic (exact) mass is 465 g/mol. The zero-order valence-electron chi connectivity index (χ0n) is 19.9. The van der Waals surface area contributed by atoms with Crippen molar-refractivity contribution >= 4 is 23.0 Å². The van der Waals surface area contributed by atoms with E-state index in [0.29, 0.717) is 17.5 Å². The average Bonchev–Trinajstić information content (AvgIpc) is 3.71. The van der Waals surface area contributed by atoms with Crippen LogP contribution in [0.1, 0.15) is 48.9 Å². The fourth-order valence-electron chi connectivity index (χ4n) is 5.22. The molecule has 1 amide bonds. The Labute approximate surface area is 200 Å². The number of H-pyrrole nitrogens is 1. The first kappa shape index (κ1) is 22.9. The fourth-order valence-corrected chi connectivity index (χ4v) is 5.22. The van der Waals surface area contributed by atoms with E-state index in [4.69, 9.17) is 4.74 Å². The van der Waals surface area contributed by atoms with Crippen molar-refractivity contribution < 1.29 is 9.53 Å². The number of benzene rings is 1. The first-order valence-electron chi connectivity index (χ1n) is 12.5. The summed E-state index contributed by atoms with van der Waals surface area (Å²) in [6.07, 6.45) is 8.42. The minimum absolute atomic E-state index is 0.122. The molecule has 34 heavy (non-hydrogen) atoms. The maximum Gasteiger partial charge on any atom is 0.263 e. The van der Waals surface area contributed by atoms with Crippen LogP contribution in [0.4, 0.5) is 17.1 Å². The standard InChI is InChI=1S/C26H35N5O3/c1-34-22-10-4-18(5-11-22)28-23-12-13-27-25(32)24(23)26(33)29-19-2-6-20(7-3-19)30-14-16-31(17-15-30)21-8-9-21/h2-3,6-7,12-13,18,21-22H,4-5,8-11,14-17H2,1H3,(H,29,33)(H2,27,28,32). The van der Waals surface area contributed by atoms with Gasteiger partial charge in [-0.3, -0.25) is 14.5 Å². The molecule has 2 aliphatic carbocycles. The number of rotatable bonds is 7. The molecule has 0 radical (unpaired) electrons. The Morgan fingerprint density at radius 1 is 0.971 bits per heavy atom. The van der Waals surface area contributed by atoms with Crippen LogP contribution in [0.25, 0.3) is 0 Å². The Morgan fingerprint density at radius 2 is 1.68 bits per heavy atom. The summed E-state index contributed by atoms with van der Waals surface area (Å²) < 4.78 is 5.45. The number of amides is 1. The lowest BCUT2D eigenvalue weighted by atomic mass is 9.92. The summed E-state index contributed by atoms with van der Waals surface area (Å²) >= 11 is 0. The van der Waals surface area contributed by atoms with Gasteiger partial charge in [0.1, 0.15) is 5.56 Å². The second-order valence-corrected chi connectivity index (χ2v) is 9.70. The summed E-state index contributed by atoms with van der Waals surface area (Å²) in [5, 5.41) is 6.33. The molecule has 0 spiro atoms. The molecule has 1 saturated heterocycles. The molecule has 2 heterocycles. The third kappa shape index (κ3) is 5.28. The number of pyridine rings is 1. The Balaban J connectivity index is 1.21. The van der Waals surface area contributed by atoms with E-state index in [0.717, 1.165) is 57.9 Å². The van der Waals surface area contributed by atoms with Crippen molar-refractivity contribution in [1.82, 2.24) is 9.88 Å². The third-order valence-electron chi connectivity index (χ3n) is 7.42. The summed E-state index contributed by atoms with van der Waals surface area (Å²) in [6, 6.07) is 10.7. The molecule has 0 atom stereocenters. The normalized spacial score (nSPS) is 23.5. The van der Waals surface area contributed by atoms with Crippen molar-refractivity contribution in [3.63, 3.8) is 0 Å². The second-order valence-electron chi connectivity index (χ2n) is 9.70. The number of aromatic nitrogens is 1. The topological polar surface area (TPSA) is 89.7 Å². The molecule has 0 bridgehead atoms. The number of hydrogen-bond donors (Lipinski definition) is 3. The van der Waals surface area contributed by atoms with Crippen LogP contribution in [-0.4, -0.2) is 67.3 Å². The third-order valence-corrected chi connectivity index (χ3v) is 7.42. The highest BCUT2D eigenvalue weighted by atomic mass is 16.5. The number of hydrogen-bond acceptors (Lipinski definition) is 6. The second kappa shape index (κ2) is 10.2. The number of piperazine rings is 1. The van der Waals surface area contributed by atoms with Crippen LogP contribution < -0.4 is 21.1 Å². The van der Waals surface area contributed by atoms with E-state index in [9.17, 15) is 9.59 Å². The molecule has 8 heteroatoms. The van der Waals surface area contributed by atoms with E-state index in [1.807, 2.05) is 24.3 Å². The molecule has 0 unspecified atom stereocenters. The van der Waals surface area contributed by atoms with Crippen LogP contribution >= 0.6 is 0 Å². The van der Waals surface area contributed by atoms with Gasteiger partial charge in [0.2, 0.25) is 0 Å². The number of ether oxygens (including phenoxy) is 1. The van der Waals surface area contributed by atoms with Crippen molar-refractivity contribution in [1.29, 1.82) is 0 Å². The van der Waals surface area contributed by atoms with Crippen LogP contribution in [0.3, 0.4) is 0 Å². The van der Waals surface area contributed by atoms with Gasteiger partial charge < -0.3 is 25.3 Å². The van der Waals surface area contributed by atoms with Crippen LogP contribution in [0.2, 0.25) is 0 Å². The lowest BCUT2D eigenvalue weighted by Gasteiger charge is -2.36. The van der Waals surface area contributed by atoms with Gasteiger partial charge in [0.05, 0.1) is 11.8 Å². The molecule has 2 aromatic rings. The van der Waals surface area contributed by atoms with Gasteiger partial charge >= 0.3 is 0 Å². The van der Waals surface area contributed by atoms with Gasteiger partial charge in [-0.25, -0.2) is 0 Å². The molecule has 182 valence electrons. The van der Waals surface area contributed by atoms with Gasteiger partial charge in [0, 0.05) is 62.9 Å². The highest BCUT2D eigenvalue weighted by molar-refractivity contribution is 6.07. The number of nitrogens with one attached hydrogen (secondary N) is 3. The quantitative estimate of drug-likeness (QED) is 0.582. The summed E-state index contributed by atoms with van der Waals surface area (Å²) in [6.45, 7) is 4.29. The zero-order chi connectivity index (χ0) is 23.5. The average molecular weight is 466 g/mol. The molecule has 8 nitrogen and oxygen atoms in total. The number of carbonyl (C=O) groups excluding carboxylic acids is 1. The van der Waals surface area contributed by atoms with E-state index < -0.39 is 11.5 Å². The van der Waals surface area contributed by atoms with Gasteiger partial charge in [-0.05, 0) is 68.9 Å². The maximum atomic E-state index is 13.1. The minimum Gasteiger partial charge on any atom is -0.381 e. The van der Waals surface area contributed by atoms with Gasteiger partial charge in [0.25, 0.3) is 11.5 Å². The van der Waals surface area contributed by atoms with E-state index in [1.54, 1.807) is 19.4 Å². The highest BCUT2D eigenvalue weighted by Gasteiger charge is 2.31. The molecule has 1 aromatic carbocycles. The molecule has 5 rings (SSSR count). The largest absolute Gasteiger partial charge is 0.381 e. The first-order chi connectivity index (χ1) is 16.6. The van der Waals surface area contributed by atoms with E-state index in [-0.39, 0.29) is 11.6 Å². The molecular weight excluding hydrogens is 430 g/mol. The van der Waals surface area contributed by atoms with Crippen LogP contribution in [0, 0.1) is 0 Å². The summed E-state index contributed by atoms with van der Waals surface area (Å²) in [5.74, 6) is -0.402. The Kier molecular flexibility index (Phi) is 6.87. The molecule has 3 N–H and O–H groups in total. The van der Waals surface area contributed by atoms with Gasteiger partial charge in [-0.1, -0.05) is 0 Å². The Hall–Kier alpha value is -2.84. The highest BCUT2D eigenvalue weighted by Crippen LogP contribution is 2.29. The van der Waals surface area contributed by atoms with Crippen molar-refractivity contribution in [2.45, 2.75) is 56.7 Å². The number of nitrogens with zero attached hydrogens (tertiary/aromatic N) is 2. The predicted octanol–water partition coefficient (Wildman–Crippen LogP) is 3.28. The van der Waals surface area contributed by atoms with E-state index in [2.05, 4.69) is 25.4 Å². The molecule has 1 aromatic heterocycles. The maximum absolute atomic E-state index is 13.1. The predicted molar refractivity (Wildman–Crippen MR) is 135 cm³/mol. The van der Waals surface area contributed by atoms with Crippen molar-refractivity contribution in [2.24, 2.45) is 0 Å². The molecular formula is C26H35N5O3. The van der Waals surface area contributed by atoms with Crippen LogP contribution in [-0.2, 0) is 4.74 Å². The smallest absolute Gasteiger partial charge is 0.263 e. The van der Waals surface area contributed by atoms with Gasteiger partial charge in [0.15, 0.2) is 0 Å². The van der Waals surface area contributed by atoms with Crippen molar-refractivity contribution in [3.8, 4) is 0 Å². The zero-order valence-corrected chi connectivity index (χ0v) is 19.9. The molecule has 3 aliphatic rings. The Bertz CT molecular complexity index is 1030. The van der Waals surface area contributed by atoms with E-state index in [1.165, 1.54) is 18.5 Å². The molecule has 2 saturated carbocycles. The van der Waals surface area contributed by atoms with Gasteiger partial charge in [-0.15, -0.1) is 0 Å². The SMILES string of the molecule is COC1CCC(Nc2cc[nH]c(=O)c2C(=O)Nc2ccc(N3CCN(C4CC4)CC3)cc2)CC1. The van der Waals surface area contributed by atoms with Crippen molar-refractivity contribution in [2.75, 3.05) is 48.8 Å². The van der Waals surface area contributed by atoms with E-state index >= 15 is 0 Å². The number of carbonyl (C=O) groups is 1. The fraction of sp³-hybridized carbons (Fsp3) is 0.538. The molecule has 1 aliphatic heterocycles.